The normalized spacial score (nSPS) is 16.4. The van der Waals surface area contributed by atoms with Gasteiger partial charge in [0.05, 0.1) is 79.1 Å². The number of amides is 3. The number of hydrogen-bond acceptors (Lipinski definition) is 27. The van der Waals surface area contributed by atoms with E-state index in [-0.39, 0.29) is 131 Å². The molecule has 5 fully saturated rings. The number of piperazine rings is 3. The maximum Gasteiger partial charge on any atom is 0.319 e. The van der Waals surface area contributed by atoms with Gasteiger partial charge in [0.15, 0.2) is 17.2 Å². The fourth-order valence-electron chi connectivity index (χ4n) is 14.6. The number of carbonyl (C=O) groups is 3. The summed E-state index contributed by atoms with van der Waals surface area (Å²) in [5.41, 5.74) is 0.185. The van der Waals surface area contributed by atoms with Gasteiger partial charge < -0.3 is 72.7 Å². The van der Waals surface area contributed by atoms with Crippen molar-refractivity contribution in [1.82, 2.24) is 99.9 Å². The lowest BCUT2D eigenvalue weighted by Crippen LogP contribution is -2.48. The van der Waals surface area contributed by atoms with Gasteiger partial charge in [0.2, 0.25) is 35.4 Å². The van der Waals surface area contributed by atoms with Gasteiger partial charge in [-0.1, -0.05) is 95.9 Å². The number of allylic oxidation sites excluding steroid dienone is 1. The van der Waals surface area contributed by atoms with Gasteiger partial charge >= 0.3 is 18.0 Å². The number of alkyl halides is 1. The standard InChI is InChI=1S/C28H28Cl2F2N8O3.C28H27Cl2FN8O3.C25H24Cl2FN7O4/c1-3-21(41)39-8-10-40(11-9-39)25-16-12-20(29)34-26(43-24-17-14-33-37-19(17)13-18(31)22(24)30)23(16)35-27(36-25)42-15-28(32)4-6-38(2)7-5-28;1-4-22(40)38-7-9-39(10-8-38)26-17-11-21(29)33-27(42-25-18-13-32-36-20(18)12-19(31)23(25)30)24(17)34-28(35-26)41-14-16-6-5-15(2)37(16)3;1-4-18(36)34-5-7-35(8-6-34)22-13-9-17(26)30-23(20(13)31-24(32-22)38-12-25(2,3)37)39-21-14-11-29-33-16(14)10-15(28)19(21)27/h3,12-14H,1,4-11,15H2,2H3,(H,33,37);4,11-13,16H,1-2,5-10,14H2,3H3,(H,32,36);4,9-11,37H,1,5-8,12H2,2-3H3,(H,29,33). The van der Waals surface area contributed by atoms with Crippen LogP contribution in [-0.4, -0.2) is 266 Å². The molecule has 3 aromatic carbocycles. The molecular formula is C81H79Cl6F4N23O10. The first-order chi connectivity index (χ1) is 59.4. The summed E-state index contributed by atoms with van der Waals surface area (Å²) in [5.74, 6) is -1.33. The van der Waals surface area contributed by atoms with Gasteiger partial charge in [-0.05, 0) is 83.0 Å². The predicted molar refractivity (Wildman–Crippen MR) is 461 cm³/mol. The van der Waals surface area contributed by atoms with E-state index in [2.05, 4.69) is 107 Å². The summed E-state index contributed by atoms with van der Waals surface area (Å²) in [5, 5.41) is 32.4. The van der Waals surface area contributed by atoms with Gasteiger partial charge in [-0.3, -0.25) is 29.7 Å². The quantitative estimate of drug-likeness (QED) is 0.0295. The number of aromatic amines is 3. The van der Waals surface area contributed by atoms with Crippen molar-refractivity contribution in [3.8, 4) is 52.9 Å². The van der Waals surface area contributed by atoms with E-state index in [0.717, 1.165) is 18.5 Å². The highest BCUT2D eigenvalue weighted by Crippen LogP contribution is 2.46. The Morgan fingerprint density at radius 2 is 0.839 bits per heavy atom. The molecule has 12 aromatic rings. The summed E-state index contributed by atoms with van der Waals surface area (Å²) in [6, 6.07) is 8.56. The van der Waals surface area contributed by atoms with Crippen LogP contribution in [0.25, 0.3) is 65.4 Å². The molecule has 0 spiro atoms. The number of likely N-dealkylation sites (tertiary alicyclic amines) is 2. The van der Waals surface area contributed by atoms with Crippen LogP contribution in [0, 0.1) is 17.5 Å². The van der Waals surface area contributed by atoms with Gasteiger partial charge in [-0.15, -0.1) is 0 Å². The van der Waals surface area contributed by atoms with E-state index in [4.69, 9.17) is 103 Å². The number of aliphatic hydroxyl groups is 1. The van der Waals surface area contributed by atoms with E-state index in [1.54, 1.807) is 46.7 Å². The fourth-order valence-corrected chi connectivity index (χ4v) is 15.7. The first-order valence-corrected chi connectivity index (χ1v) is 41.2. The van der Waals surface area contributed by atoms with Crippen molar-refractivity contribution in [2.24, 2.45) is 0 Å². The topological polar surface area (TPSA) is 355 Å². The molecule has 9 aromatic heterocycles. The number of aromatic nitrogens is 15. The third-order valence-corrected chi connectivity index (χ3v) is 23.1. The smallest absolute Gasteiger partial charge is 0.319 e. The third kappa shape index (κ3) is 18.9. The molecule has 648 valence electrons. The van der Waals surface area contributed by atoms with E-state index in [0.29, 0.717) is 183 Å². The number of H-pyrrole nitrogens is 3. The maximum absolute atomic E-state index is 15.6. The molecule has 0 radical (unpaired) electrons. The Labute approximate surface area is 734 Å². The predicted octanol–water partition coefficient (Wildman–Crippen LogP) is 13.9. The van der Waals surface area contributed by atoms with Gasteiger partial charge in [0.1, 0.15) is 107 Å². The molecule has 5 aliphatic heterocycles. The molecule has 1 atom stereocenters. The van der Waals surface area contributed by atoms with E-state index in [1.165, 1.54) is 55.0 Å². The Hall–Kier alpha value is -11.7. The van der Waals surface area contributed by atoms with Gasteiger partial charge in [0, 0.05) is 123 Å². The first kappa shape index (κ1) is 87.2. The van der Waals surface area contributed by atoms with Crippen LogP contribution in [0.1, 0.15) is 39.5 Å². The number of fused-ring (bicyclic) bond motifs is 6. The number of ether oxygens (including phenoxy) is 6. The number of pyridine rings is 3. The molecule has 0 aliphatic carbocycles. The average Bonchev–Trinajstić information content (AvgIpc) is 1.12. The minimum Gasteiger partial charge on any atom is -0.461 e. The summed E-state index contributed by atoms with van der Waals surface area (Å²) in [6.07, 6.45) is 10.7. The molecule has 1 unspecified atom stereocenters. The van der Waals surface area contributed by atoms with E-state index < -0.39 is 28.7 Å². The molecule has 4 N–H and O–H groups in total. The van der Waals surface area contributed by atoms with Crippen molar-refractivity contribution in [3.05, 3.63) is 153 Å². The number of nitrogens with zero attached hydrogens (tertiary/aromatic N) is 20. The first-order valence-electron chi connectivity index (χ1n) is 38.9. The average molecular weight is 1820 g/mol. The second-order valence-corrected chi connectivity index (χ2v) is 32.6. The molecule has 14 heterocycles. The lowest BCUT2D eigenvalue weighted by atomic mass is 9.95. The molecule has 17 rings (SSSR count). The molecule has 124 heavy (non-hydrogen) atoms. The summed E-state index contributed by atoms with van der Waals surface area (Å²) >= 11 is 38.2. The molecule has 0 bridgehead atoms. The Morgan fingerprint density at radius 3 is 1.16 bits per heavy atom. The molecule has 33 nitrogen and oxygen atoms in total. The summed E-state index contributed by atoms with van der Waals surface area (Å²) in [7, 11) is 3.93. The Kier molecular flexibility index (Phi) is 25.7. The van der Waals surface area contributed by atoms with Gasteiger partial charge in [-0.25, -0.2) is 17.6 Å². The van der Waals surface area contributed by atoms with E-state index in [1.807, 2.05) is 28.8 Å². The van der Waals surface area contributed by atoms with Gasteiger partial charge in [-0.2, -0.15) is 60.2 Å². The van der Waals surface area contributed by atoms with Crippen molar-refractivity contribution >= 4 is 170 Å². The largest absolute Gasteiger partial charge is 0.461 e. The number of carbonyl (C=O) groups excluding carboxylic acids is 3. The van der Waals surface area contributed by atoms with Crippen molar-refractivity contribution in [2.75, 3.05) is 140 Å². The third-order valence-electron chi connectivity index (χ3n) is 21.4. The Morgan fingerprint density at radius 1 is 0.500 bits per heavy atom. The number of rotatable bonds is 21. The highest BCUT2D eigenvalue weighted by Gasteiger charge is 2.37. The number of halogens is 10. The summed E-state index contributed by atoms with van der Waals surface area (Å²) in [4.78, 5) is 92.3. The number of piperidine rings is 1. The highest BCUT2D eigenvalue weighted by atomic mass is 35.5. The monoisotopic (exact) mass is 1820 g/mol. The summed E-state index contributed by atoms with van der Waals surface area (Å²) < 4.78 is 95.6. The van der Waals surface area contributed by atoms with E-state index in [9.17, 15) is 32.7 Å². The molecule has 43 heteroatoms. The lowest BCUT2D eigenvalue weighted by Gasteiger charge is -2.35. The maximum atomic E-state index is 15.6. The number of nitrogens with one attached hydrogen (secondary N) is 3. The lowest BCUT2D eigenvalue weighted by molar-refractivity contribution is -0.127. The zero-order chi connectivity index (χ0) is 87.7. The SMILES string of the molecule is C=CC(=O)N1CCN(c2nc(OCC(C)(C)O)nc3c(Oc4c(Cl)c(F)cc5[nH]ncc45)nc(Cl)cc23)CC1.C=CC(=O)N1CCN(c2nc(OCC3(F)CCN(C)CC3)nc3c(Oc4c(Cl)c(F)cc5[nH]ncc45)nc(Cl)cc23)CC1.C=CC(=O)N1CCN(c2nc(OCC3CCC(=C)N3C)nc3c(Oc4c(Cl)c(F)cc5[nH]ncc45)nc(Cl)cc23)CC1. The van der Waals surface area contributed by atoms with Crippen LogP contribution >= 0.6 is 69.6 Å². The minimum absolute atomic E-state index is 0.00664. The minimum atomic E-state index is -1.54. The van der Waals surface area contributed by atoms with Crippen LogP contribution in [0.2, 0.25) is 30.5 Å². The van der Waals surface area contributed by atoms with Crippen molar-refractivity contribution in [2.45, 2.75) is 56.8 Å². The number of likely N-dealkylation sites (N-methyl/N-ethyl adjacent to an activating group) is 1. The van der Waals surface area contributed by atoms with Crippen molar-refractivity contribution in [3.63, 3.8) is 0 Å². The van der Waals surface area contributed by atoms with Gasteiger partial charge in [0.25, 0.3) is 0 Å². The van der Waals surface area contributed by atoms with E-state index >= 15 is 4.39 Å². The number of anilines is 3. The fraction of sp³-hybridized carbons (Fsp3) is 0.346. The summed E-state index contributed by atoms with van der Waals surface area (Å²) in [6.45, 7) is 24.6. The zero-order valence-corrected chi connectivity index (χ0v) is 71.6. The van der Waals surface area contributed by atoms with Crippen molar-refractivity contribution < 1.29 is 65.5 Å². The number of hydrogen-bond donors (Lipinski definition) is 4. The van der Waals surface area contributed by atoms with Crippen LogP contribution in [0.4, 0.5) is 35.0 Å². The van der Waals surface area contributed by atoms with Crippen LogP contribution < -0.4 is 43.1 Å². The Balaban J connectivity index is 0.000000144. The molecule has 0 saturated carbocycles. The molecule has 3 amide bonds. The van der Waals surface area contributed by atoms with Crippen LogP contribution in [0.5, 0.6) is 52.9 Å². The Bertz CT molecular complexity index is 6180. The molecule has 5 aliphatic rings. The van der Waals surface area contributed by atoms with Crippen molar-refractivity contribution in [1.29, 1.82) is 0 Å². The van der Waals surface area contributed by atoms with Crippen LogP contribution in [-0.2, 0) is 14.4 Å². The number of benzene rings is 3. The molecule has 5 saturated heterocycles. The van der Waals surface area contributed by atoms with Crippen LogP contribution in [0.15, 0.2) is 105 Å². The second-order valence-electron chi connectivity index (χ2n) is 30.3. The highest BCUT2D eigenvalue weighted by molar-refractivity contribution is 6.35. The zero-order valence-electron chi connectivity index (χ0n) is 67.0. The molecular weight excluding hydrogens is 1740 g/mol. The second kappa shape index (κ2) is 36.6. The van der Waals surface area contributed by atoms with Crippen LogP contribution in [0.3, 0.4) is 0 Å².